The first-order chi connectivity index (χ1) is 8.86. The highest BCUT2D eigenvalue weighted by molar-refractivity contribution is 5.94. The van der Waals surface area contributed by atoms with Crippen LogP contribution in [0.5, 0.6) is 0 Å². The minimum absolute atomic E-state index is 0.0507. The Morgan fingerprint density at radius 2 is 2.21 bits per heavy atom. The predicted molar refractivity (Wildman–Crippen MR) is 70.7 cm³/mol. The summed E-state index contributed by atoms with van der Waals surface area (Å²) in [7, 11) is 1.58. The van der Waals surface area contributed by atoms with Crippen LogP contribution in [-0.2, 0) is 0 Å². The van der Waals surface area contributed by atoms with Crippen molar-refractivity contribution in [2.24, 2.45) is 16.8 Å². The number of nitrogens with two attached hydrogens (primary N) is 1. The van der Waals surface area contributed by atoms with Gasteiger partial charge in [0.05, 0.1) is 0 Å². The van der Waals surface area contributed by atoms with Gasteiger partial charge in [-0.1, -0.05) is 18.1 Å². The highest BCUT2D eigenvalue weighted by Crippen LogP contribution is 2.12. The third-order valence-electron chi connectivity index (χ3n) is 2.93. The number of aryl methyl sites for hydroxylation is 1. The second-order valence-electron chi connectivity index (χ2n) is 4.58. The SMILES string of the molecule is Cc1ccc(C(=O)N(C)CC(C)C(N)=NO)cc1F. The normalized spacial score (nSPS) is 13.2. The van der Waals surface area contributed by atoms with Crippen LogP contribution >= 0.6 is 0 Å². The maximum Gasteiger partial charge on any atom is 0.253 e. The molecule has 0 spiro atoms. The van der Waals surface area contributed by atoms with Crippen LogP contribution in [0, 0.1) is 18.7 Å². The van der Waals surface area contributed by atoms with Crippen LogP contribution in [0.3, 0.4) is 0 Å². The van der Waals surface area contributed by atoms with Gasteiger partial charge in [-0.25, -0.2) is 4.39 Å². The summed E-state index contributed by atoms with van der Waals surface area (Å²) >= 11 is 0. The maximum atomic E-state index is 13.4. The number of carbonyl (C=O) groups is 1. The van der Waals surface area contributed by atoms with E-state index in [9.17, 15) is 9.18 Å². The Morgan fingerprint density at radius 1 is 1.58 bits per heavy atom. The highest BCUT2D eigenvalue weighted by atomic mass is 19.1. The van der Waals surface area contributed by atoms with Crippen LogP contribution < -0.4 is 5.73 Å². The lowest BCUT2D eigenvalue weighted by Crippen LogP contribution is -2.36. The second-order valence-corrected chi connectivity index (χ2v) is 4.58. The van der Waals surface area contributed by atoms with Gasteiger partial charge < -0.3 is 15.8 Å². The molecule has 0 bridgehead atoms. The van der Waals surface area contributed by atoms with Gasteiger partial charge in [0.25, 0.3) is 5.91 Å². The van der Waals surface area contributed by atoms with E-state index in [1.165, 1.54) is 11.0 Å². The number of rotatable bonds is 4. The van der Waals surface area contributed by atoms with Crippen molar-refractivity contribution in [1.29, 1.82) is 0 Å². The quantitative estimate of drug-likeness (QED) is 0.376. The molecule has 3 N–H and O–H groups in total. The molecular weight excluding hydrogens is 249 g/mol. The standard InChI is InChI=1S/C13H18FN3O2/c1-8-4-5-10(6-11(8)14)13(18)17(3)7-9(2)12(15)16-19/h4-6,9,19H,7H2,1-3H3,(H2,15,16). The molecule has 1 unspecified atom stereocenters. The highest BCUT2D eigenvalue weighted by Gasteiger charge is 2.17. The van der Waals surface area contributed by atoms with Crippen LogP contribution in [-0.4, -0.2) is 35.4 Å². The number of benzene rings is 1. The van der Waals surface area contributed by atoms with E-state index in [-0.39, 0.29) is 29.8 Å². The molecular formula is C13H18FN3O2. The van der Waals surface area contributed by atoms with E-state index >= 15 is 0 Å². The van der Waals surface area contributed by atoms with Crippen LogP contribution in [0.15, 0.2) is 23.4 Å². The summed E-state index contributed by atoms with van der Waals surface area (Å²) in [6.07, 6.45) is 0. The molecule has 1 amide bonds. The number of halogens is 1. The van der Waals surface area contributed by atoms with Gasteiger partial charge >= 0.3 is 0 Å². The number of hydrogen-bond donors (Lipinski definition) is 2. The van der Waals surface area contributed by atoms with Crippen molar-refractivity contribution in [2.75, 3.05) is 13.6 Å². The van der Waals surface area contributed by atoms with Gasteiger partial charge in [-0.15, -0.1) is 0 Å². The third-order valence-corrected chi connectivity index (χ3v) is 2.93. The lowest BCUT2D eigenvalue weighted by atomic mass is 10.1. The van der Waals surface area contributed by atoms with Crippen molar-refractivity contribution < 1.29 is 14.4 Å². The van der Waals surface area contributed by atoms with Crippen molar-refractivity contribution in [2.45, 2.75) is 13.8 Å². The van der Waals surface area contributed by atoms with E-state index in [1.54, 1.807) is 33.0 Å². The molecule has 0 aliphatic heterocycles. The molecule has 0 heterocycles. The predicted octanol–water partition coefficient (Wildman–Crippen LogP) is 1.59. The number of carbonyl (C=O) groups excluding carboxylic acids is 1. The van der Waals surface area contributed by atoms with Crippen LogP contribution in [0.25, 0.3) is 0 Å². The number of amidine groups is 1. The fraction of sp³-hybridized carbons (Fsp3) is 0.385. The molecule has 0 aliphatic carbocycles. The lowest BCUT2D eigenvalue weighted by molar-refractivity contribution is 0.0785. The topological polar surface area (TPSA) is 78.9 Å². The molecule has 1 rings (SSSR count). The molecule has 1 aromatic rings. The van der Waals surface area contributed by atoms with Crippen LogP contribution in [0.2, 0.25) is 0 Å². The average molecular weight is 267 g/mol. The number of oxime groups is 1. The monoisotopic (exact) mass is 267 g/mol. The number of amides is 1. The Kier molecular flexibility index (Phi) is 4.86. The summed E-state index contributed by atoms with van der Waals surface area (Å²) in [6.45, 7) is 3.65. The van der Waals surface area contributed by atoms with E-state index in [1.807, 2.05) is 0 Å². The molecule has 1 aromatic carbocycles. The lowest BCUT2D eigenvalue weighted by Gasteiger charge is -2.21. The van der Waals surface area contributed by atoms with Crippen molar-refractivity contribution in [3.63, 3.8) is 0 Å². The molecule has 0 radical (unpaired) electrons. The summed E-state index contributed by atoms with van der Waals surface area (Å²) in [6, 6.07) is 4.34. The Hall–Kier alpha value is -2.11. The molecule has 104 valence electrons. The van der Waals surface area contributed by atoms with Crippen molar-refractivity contribution in [1.82, 2.24) is 4.90 Å². The summed E-state index contributed by atoms with van der Waals surface area (Å²) in [5, 5.41) is 11.4. The molecule has 0 saturated carbocycles. The van der Waals surface area contributed by atoms with Gasteiger partial charge in [-0.05, 0) is 24.6 Å². The Labute approximate surface area is 111 Å². The third kappa shape index (κ3) is 3.67. The van der Waals surface area contributed by atoms with E-state index in [2.05, 4.69) is 5.16 Å². The van der Waals surface area contributed by atoms with Gasteiger partial charge in [0.1, 0.15) is 11.7 Å². The van der Waals surface area contributed by atoms with E-state index in [0.717, 1.165) is 0 Å². The fourth-order valence-electron chi connectivity index (χ4n) is 1.63. The summed E-state index contributed by atoms with van der Waals surface area (Å²) in [4.78, 5) is 13.5. The number of hydrogen-bond acceptors (Lipinski definition) is 3. The zero-order valence-corrected chi connectivity index (χ0v) is 11.2. The van der Waals surface area contributed by atoms with Crippen LogP contribution in [0.4, 0.5) is 4.39 Å². The van der Waals surface area contributed by atoms with Gasteiger partial charge in [0, 0.05) is 25.1 Å². The van der Waals surface area contributed by atoms with Gasteiger partial charge in [-0.2, -0.15) is 0 Å². The zero-order chi connectivity index (χ0) is 14.6. The molecule has 0 fully saturated rings. The van der Waals surface area contributed by atoms with E-state index < -0.39 is 5.82 Å². The Balaban J connectivity index is 2.79. The summed E-state index contributed by atoms with van der Waals surface area (Å²) in [5.41, 5.74) is 6.21. The fourth-order valence-corrected chi connectivity index (χ4v) is 1.63. The van der Waals surface area contributed by atoms with Crippen molar-refractivity contribution in [3.05, 3.63) is 35.1 Å². The molecule has 6 heteroatoms. The first kappa shape index (κ1) is 14.9. The summed E-state index contributed by atoms with van der Waals surface area (Å²) in [5.74, 6) is -0.954. The van der Waals surface area contributed by atoms with Crippen molar-refractivity contribution >= 4 is 11.7 Å². The maximum absolute atomic E-state index is 13.4. The van der Waals surface area contributed by atoms with Gasteiger partial charge in [0.2, 0.25) is 0 Å². The van der Waals surface area contributed by atoms with E-state index in [0.29, 0.717) is 5.56 Å². The molecule has 0 aliphatic rings. The Bertz CT molecular complexity index is 503. The first-order valence-corrected chi connectivity index (χ1v) is 5.85. The van der Waals surface area contributed by atoms with Gasteiger partial charge in [0.15, 0.2) is 0 Å². The molecule has 0 saturated heterocycles. The molecule has 5 nitrogen and oxygen atoms in total. The smallest absolute Gasteiger partial charge is 0.253 e. The average Bonchev–Trinajstić information content (AvgIpc) is 2.39. The number of nitrogens with zero attached hydrogens (tertiary/aromatic N) is 2. The molecule has 19 heavy (non-hydrogen) atoms. The minimum Gasteiger partial charge on any atom is -0.409 e. The largest absolute Gasteiger partial charge is 0.409 e. The van der Waals surface area contributed by atoms with Gasteiger partial charge in [-0.3, -0.25) is 4.79 Å². The van der Waals surface area contributed by atoms with E-state index in [4.69, 9.17) is 10.9 Å². The summed E-state index contributed by atoms with van der Waals surface area (Å²) < 4.78 is 13.4. The molecule has 0 aromatic heterocycles. The minimum atomic E-state index is -0.413. The molecule has 1 atom stereocenters. The first-order valence-electron chi connectivity index (χ1n) is 5.85. The Morgan fingerprint density at radius 3 is 2.74 bits per heavy atom. The van der Waals surface area contributed by atoms with Crippen LogP contribution in [0.1, 0.15) is 22.8 Å². The van der Waals surface area contributed by atoms with Crippen molar-refractivity contribution in [3.8, 4) is 0 Å². The zero-order valence-electron chi connectivity index (χ0n) is 11.2. The second kappa shape index (κ2) is 6.17.